The predicted octanol–water partition coefficient (Wildman–Crippen LogP) is 5.98. The second kappa shape index (κ2) is 8.25. The van der Waals surface area contributed by atoms with Crippen LogP contribution in [0.3, 0.4) is 0 Å². The van der Waals surface area contributed by atoms with E-state index in [-0.39, 0.29) is 11.0 Å². The number of ether oxygens (including phenoxy) is 1. The molecule has 8 rings (SSSR count). The van der Waals surface area contributed by atoms with Gasteiger partial charge in [0.05, 0.1) is 22.3 Å². The lowest BCUT2D eigenvalue weighted by molar-refractivity contribution is -0.140. The Balaban J connectivity index is 1.10. The summed E-state index contributed by atoms with van der Waals surface area (Å²) in [5.41, 5.74) is 0.764. The van der Waals surface area contributed by atoms with E-state index in [1.54, 1.807) is 12.4 Å². The number of carboxylic acids is 1. The Labute approximate surface area is 222 Å². The molecule has 5 aliphatic carbocycles. The lowest BCUT2D eigenvalue weighted by atomic mass is 9.58. The van der Waals surface area contributed by atoms with Crippen molar-refractivity contribution < 1.29 is 23.7 Å². The van der Waals surface area contributed by atoms with Gasteiger partial charge in [-0.25, -0.2) is 0 Å². The molecule has 0 aromatic carbocycles. The standard InChI is InChI=1S/C26H26Cl2N4O5/c27-16-11-29-12-17(28)18(16)19-15(20(36-31-19)14-1-2-14)13-35-25-6-3-24(4-7-25,5-8-25)22-30-21(32-37-22)26(9-10-26)23(33)34/h11-12,14H,1-10,13H2,(H,33,34). The molecule has 3 aromatic rings. The molecule has 5 aliphatic rings. The van der Waals surface area contributed by atoms with Crippen molar-refractivity contribution in [2.45, 2.75) is 93.2 Å². The molecule has 3 aromatic heterocycles. The first-order valence-corrected chi connectivity index (χ1v) is 13.6. The van der Waals surface area contributed by atoms with Crippen LogP contribution in [0.15, 0.2) is 21.4 Å². The zero-order chi connectivity index (χ0) is 25.4. The summed E-state index contributed by atoms with van der Waals surface area (Å²) in [6, 6.07) is 0. The SMILES string of the molecule is O=C(O)C1(c2noc(C34CCC(OCc5c(-c6c(Cl)cncc6Cl)noc5C5CC5)(CC3)CC4)n2)CC1. The molecule has 0 spiro atoms. The highest BCUT2D eigenvalue weighted by atomic mass is 35.5. The van der Waals surface area contributed by atoms with E-state index in [4.69, 9.17) is 37.0 Å². The molecule has 0 aliphatic heterocycles. The number of halogens is 2. The Morgan fingerprint density at radius 2 is 1.68 bits per heavy atom. The minimum absolute atomic E-state index is 0.204. The van der Waals surface area contributed by atoms with E-state index >= 15 is 0 Å². The smallest absolute Gasteiger partial charge is 0.317 e. The summed E-state index contributed by atoms with van der Waals surface area (Å²) < 4.78 is 18.2. The summed E-state index contributed by atoms with van der Waals surface area (Å²) >= 11 is 12.9. The first-order chi connectivity index (χ1) is 17.8. The number of hydrogen-bond acceptors (Lipinski definition) is 8. The van der Waals surface area contributed by atoms with E-state index < -0.39 is 11.4 Å². The fourth-order valence-corrected chi connectivity index (χ4v) is 6.71. The maximum Gasteiger partial charge on any atom is 0.317 e. The lowest BCUT2D eigenvalue weighted by Gasteiger charge is -2.51. The fourth-order valence-electron chi connectivity index (χ4n) is 6.17. The van der Waals surface area contributed by atoms with Crippen LogP contribution in [0.1, 0.15) is 93.2 Å². The van der Waals surface area contributed by atoms with Gasteiger partial charge in [0.1, 0.15) is 16.9 Å². The van der Waals surface area contributed by atoms with Crippen molar-refractivity contribution in [2.75, 3.05) is 0 Å². The number of aliphatic carboxylic acids is 1. The average molecular weight is 545 g/mol. The Morgan fingerprint density at radius 1 is 1.00 bits per heavy atom. The molecule has 1 N–H and O–H groups in total. The van der Waals surface area contributed by atoms with Crippen molar-refractivity contribution in [1.82, 2.24) is 20.3 Å². The summed E-state index contributed by atoms with van der Waals surface area (Å²) in [5.74, 6) is 1.26. The normalized spacial score (nSPS) is 27.9. The Morgan fingerprint density at radius 3 is 2.27 bits per heavy atom. The molecule has 37 heavy (non-hydrogen) atoms. The molecule has 0 unspecified atom stereocenters. The first kappa shape index (κ1) is 23.6. The number of aromatic nitrogens is 4. The lowest BCUT2D eigenvalue weighted by Crippen LogP contribution is -2.49. The van der Waals surface area contributed by atoms with E-state index in [1.165, 1.54) is 0 Å². The molecule has 0 amide bonds. The second-order valence-electron chi connectivity index (χ2n) is 11.2. The Bertz CT molecular complexity index is 1350. The monoisotopic (exact) mass is 544 g/mol. The first-order valence-electron chi connectivity index (χ1n) is 12.8. The minimum Gasteiger partial charge on any atom is -0.480 e. The van der Waals surface area contributed by atoms with Gasteiger partial charge in [0.2, 0.25) is 5.89 Å². The van der Waals surface area contributed by atoms with Crippen molar-refractivity contribution in [1.29, 1.82) is 0 Å². The maximum atomic E-state index is 11.7. The van der Waals surface area contributed by atoms with Crippen molar-refractivity contribution in [3.63, 3.8) is 0 Å². The van der Waals surface area contributed by atoms with Crippen molar-refractivity contribution in [3.8, 4) is 11.3 Å². The van der Waals surface area contributed by atoms with Crippen LogP contribution in [0.25, 0.3) is 11.3 Å². The number of nitrogens with zero attached hydrogens (tertiary/aromatic N) is 4. The zero-order valence-corrected chi connectivity index (χ0v) is 21.6. The van der Waals surface area contributed by atoms with Crippen LogP contribution in [0, 0.1) is 0 Å². The van der Waals surface area contributed by atoms with Crippen molar-refractivity contribution >= 4 is 29.2 Å². The largest absolute Gasteiger partial charge is 0.480 e. The molecular formula is C26H26Cl2N4O5. The topological polar surface area (TPSA) is 124 Å². The third kappa shape index (κ3) is 3.72. The van der Waals surface area contributed by atoms with Gasteiger partial charge in [0.25, 0.3) is 0 Å². The van der Waals surface area contributed by atoms with Gasteiger partial charge in [0.15, 0.2) is 5.82 Å². The molecule has 9 nitrogen and oxygen atoms in total. The molecule has 0 radical (unpaired) electrons. The van der Waals surface area contributed by atoms with E-state index in [2.05, 4.69) is 20.3 Å². The van der Waals surface area contributed by atoms with Crippen LogP contribution in [0.4, 0.5) is 0 Å². The molecule has 194 valence electrons. The van der Waals surface area contributed by atoms with Crippen LogP contribution in [0.5, 0.6) is 0 Å². The van der Waals surface area contributed by atoms with Crippen LogP contribution in [-0.2, 0) is 27.0 Å². The molecule has 11 heteroatoms. The third-order valence-corrected chi connectivity index (χ3v) is 9.60. The molecule has 0 saturated heterocycles. The molecular weight excluding hydrogens is 519 g/mol. The number of hydrogen-bond donors (Lipinski definition) is 1. The van der Waals surface area contributed by atoms with Gasteiger partial charge >= 0.3 is 5.97 Å². The molecule has 3 heterocycles. The van der Waals surface area contributed by atoms with Crippen LogP contribution in [-0.4, -0.2) is 37.0 Å². The highest BCUT2D eigenvalue weighted by Crippen LogP contribution is 2.56. The molecule has 0 atom stereocenters. The fraction of sp³-hybridized carbons (Fsp3) is 0.577. The van der Waals surface area contributed by atoms with Gasteiger partial charge in [0, 0.05) is 34.9 Å². The van der Waals surface area contributed by atoms with Gasteiger partial charge in [-0.2, -0.15) is 4.98 Å². The number of fused-ring (bicyclic) bond motifs is 3. The summed E-state index contributed by atoms with van der Waals surface area (Å²) in [5, 5.41) is 18.9. The van der Waals surface area contributed by atoms with Crippen LogP contribution < -0.4 is 0 Å². The van der Waals surface area contributed by atoms with Crippen molar-refractivity contribution in [3.05, 3.63) is 45.5 Å². The maximum absolute atomic E-state index is 11.7. The van der Waals surface area contributed by atoms with Gasteiger partial charge in [-0.15, -0.1) is 0 Å². The number of rotatable bonds is 8. The Kier molecular flexibility index (Phi) is 5.27. The van der Waals surface area contributed by atoms with E-state index in [9.17, 15) is 9.90 Å². The van der Waals surface area contributed by atoms with E-state index in [0.717, 1.165) is 62.7 Å². The average Bonchev–Trinajstić information content (AvgIpc) is 3.82. The van der Waals surface area contributed by atoms with E-state index in [0.29, 0.717) is 58.4 Å². The highest BCUT2D eigenvalue weighted by Gasteiger charge is 2.58. The van der Waals surface area contributed by atoms with Crippen molar-refractivity contribution in [2.24, 2.45) is 0 Å². The van der Waals surface area contributed by atoms with Gasteiger partial charge in [-0.3, -0.25) is 9.78 Å². The molecule has 2 bridgehead atoms. The summed E-state index contributed by atoms with van der Waals surface area (Å²) in [6.45, 7) is 0.373. The van der Waals surface area contributed by atoms with Gasteiger partial charge in [-0.1, -0.05) is 33.5 Å². The predicted molar refractivity (Wildman–Crippen MR) is 131 cm³/mol. The highest BCUT2D eigenvalue weighted by molar-refractivity contribution is 6.38. The Hall–Kier alpha value is -2.49. The zero-order valence-electron chi connectivity index (χ0n) is 20.1. The minimum atomic E-state index is -0.954. The summed E-state index contributed by atoms with van der Waals surface area (Å²) in [4.78, 5) is 20.4. The molecule has 5 fully saturated rings. The summed E-state index contributed by atoms with van der Waals surface area (Å²) in [7, 11) is 0. The van der Waals surface area contributed by atoms with E-state index in [1.807, 2.05) is 0 Å². The molecule has 5 saturated carbocycles. The number of carboxylic acid groups (broad SMARTS) is 1. The van der Waals surface area contributed by atoms with Gasteiger partial charge < -0.3 is 18.9 Å². The van der Waals surface area contributed by atoms with Crippen LogP contribution >= 0.6 is 23.2 Å². The number of carbonyl (C=O) groups is 1. The van der Waals surface area contributed by atoms with Gasteiger partial charge in [-0.05, 0) is 64.2 Å². The quantitative estimate of drug-likeness (QED) is 0.364. The summed E-state index contributed by atoms with van der Waals surface area (Å²) in [6.07, 6.45) is 11.6. The third-order valence-electron chi connectivity index (χ3n) is 9.02. The van der Waals surface area contributed by atoms with Crippen LogP contribution in [0.2, 0.25) is 10.0 Å². The second-order valence-corrected chi connectivity index (χ2v) is 12.0. The number of pyridine rings is 1.